The molecule has 0 bridgehead atoms. The third kappa shape index (κ3) is 3.11. The fourth-order valence-electron chi connectivity index (χ4n) is 3.01. The van der Waals surface area contributed by atoms with Gasteiger partial charge in [0, 0.05) is 18.2 Å². The van der Waals surface area contributed by atoms with Crippen molar-refractivity contribution in [3.63, 3.8) is 0 Å². The smallest absolute Gasteiger partial charge is 0.418 e. The quantitative estimate of drug-likeness (QED) is 0.930. The molecule has 0 saturated carbocycles. The summed E-state index contributed by atoms with van der Waals surface area (Å²) >= 11 is 0. The Balaban J connectivity index is 2.56. The zero-order chi connectivity index (χ0) is 16.3. The molecule has 0 aliphatic rings. The van der Waals surface area contributed by atoms with E-state index in [1.165, 1.54) is 29.0 Å². The van der Waals surface area contributed by atoms with Crippen molar-refractivity contribution in [2.24, 2.45) is 0 Å². The van der Waals surface area contributed by atoms with Gasteiger partial charge in [-0.05, 0) is 48.6 Å². The Morgan fingerprint density at radius 2 is 1.86 bits per heavy atom. The molecular formula is C18H21NO3. The van der Waals surface area contributed by atoms with Crippen LogP contribution in [0.5, 0.6) is 0 Å². The number of carboxylic acid groups (broad SMARTS) is 1. The van der Waals surface area contributed by atoms with Gasteiger partial charge in [-0.2, -0.15) is 0 Å². The Bertz CT molecular complexity index is 726. The average molecular weight is 299 g/mol. The van der Waals surface area contributed by atoms with Crippen LogP contribution < -0.4 is 5.56 Å². The maximum absolute atomic E-state index is 12.0. The predicted octanol–water partition coefficient (Wildman–Crippen LogP) is 3.92. The number of aryl methyl sites for hydroxylation is 2. The van der Waals surface area contributed by atoms with Crippen LogP contribution in [-0.2, 0) is 0 Å². The molecule has 1 N–H and O–H groups in total. The summed E-state index contributed by atoms with van der Waals surface area (Å²) in [5.41, 5.74) is 4.00. The van der Waals surface area contributed by atoms with E-state index in [0.29, 0.717) is 4.57 Å². The first-order chi connectivity index (χ1) is 10.5. The van der Waals surface area contributed by atoms with Crippen LogP contribution in [0.1, 0.15) is 47.9 Å². The molecular weight excluding hydrogens is 278 g/mol. The van der Waals surface area contributed by atoms with Crippen LogP contribution in [0.15, 0.2) is 41.3 Å². The number of nitrogens with zero attached hydrogens (tertiary/aromatic N) is 1. The highest BCUT2D eigenvalue weighted by atomic mass is 16.4. The van der Waals surface area contributed by atoms with Gasteiger partial charge in [0.15, 0.2) is 0 Å². The molecule has 116 valence electrons. The Morgan fingerprint density at radius 1 is 1.23 bits per heavy atom. The fraction of sp³-hybridized carbons (Fsp3) is 0.333. The fourth-order valence-corrected chi connectivity index (χ4v) is 3.01. The van der Waals surface area contributed by atoms with Crippen LogP contribution in [0, 0.1) is 13.8 Å². The van der Waals surface area contributed by atoms with E-state index in [1.54, 1.807) is 6.07 Å². The van der Waals surface area contributed by atoms with Gasteiger partial charge in [0.1, 0.15) is 0 Å². The molecule has 22 heavy (non-hydrogen) atoms. The van der Waals surface area contributed by atoms with Crippen molar-refractivity contribution in [2.45, 2.75) is 39.5 Å². The summed E-state index contributed by atoms with van der Waals surface area (Å²) in [6.07, 6.45) is 1.99. The van der Waals surface area contributed by atoms with Crippen LogP contribution in [0.4, 0.5) is 4.79 Å². The minimum atomic E-state index is -1.25. The lowest BCUT2D eigenvalue weighted by atomic mass is 9.83. The number of carbonyl (C=O) groups is 1. The van der Waals surface area contributed by atoms with Crippen LogP contribution in [0.25, 0.3) is 0 Å². The molecule has 1 atom stereocenters. The highest BCUT2D eigenvalue weighted by Crippen LogP contribution is 2.32. The number of hydrogen-bond acceptors (Lipinski definition) is 2. The molecule has 0 aliphatic carbocycles. The maximum Gasteiger partial charge on any atom is 0.418 e. The van der Waals surface area contributed by atoms with Crippen LogP contribution in [0.2, 0.25) is 0 Å². The largest absolute Gasteiger partial charge is 0.464 e. The monoisotopic (exact) mass is 299 g/mol. The maximum atomic E-state index is 12.0. The van der Waals surface area contributed by atoms with E-state index in [2.05, 4.69) is 32.9 Å². The number of benzene rings is 1. The van der Waals surface area contributed by atoms with Gasteiger partial charge in [-0.3, -0.25) is 4.79 Å². The van der Waals surface area contributed by atoms with Gasteiger partial charge in [-0.1, -0.05) is 31.5 Å². The molecule has 1 heterocycles. The van der Waals surface area contributed by atoms with Crippen molar-refractivity contribution in [3.8, 4) is 0 Å². The summed E-state index contributed by atoms with van der Waals surface area (Å²) in [4.78, 5) is 22.9. The highest BCUT2D eigenvalue weighted by molar-refractivity contribution is 5.67. The molecule has 0 fully saturated rings. The Kier molecular flexibility index (Phi) is 4.81. The van der Waals surface area contributed by atoms with E-state index in [0.717, 1.165) is 18.4 Å². The van der Waals surface area contributed by atoms with Gasteiger partial charge in [0.2, 0.25) is 0 Å². The normalized spacial score (nSPS) is 12.1. The third-order valence-electron chi connectivity index (χ3n) is 4.02. The summed E-state index contributed by atoms with van der Waals surface area (Å²) in [7, 11) is 0. The summed E-state index contributed by atoms with van der Waals surface area (Å²) < 4.78 is 0.706. The first-order valence-corrected chi connectivity index (χ1v) is 7.47. The van der Waals surface area contributed by atoms with E-state index in [4.69, 9.17) is 5.11 Å². The van der Waals surface area contributed by atoms with Crippen molar-refractivity contribution in [2.75, 3.05) is 0 Å². The van der Waals surface area contributed by atoms with Crippen molar-refractivity contribution in [1.82, 2.24) is 4.57 Å². The van der Waals surface area contributed by atoms with Crippen LogP contribution in [0.3, 0.4) is 0 Å². The van der Waals surface area contributed by atoms with E-state index in [1.807, 2.05) is 6.07 Å². The molecule has 2 aromatic rings. The first-order valence-electron chi connectivity index (χ1n) is 7.47. The van der Waals surface area contributed by atoms with Crippen LogP contribution >= 0.6 is 0 Å². The second kappa shape index (κ2) is 6.60. The number of rotatable bonds is 4. The molecule has 0 saturated heterocycles. The molecule has 0 aliphatic heterocycles. The van der Waals surface area contributed by atoms with Gasteiger partial charge in [0.25, 0.3) is 5.56 Å². The minimum Gasteiger partial charge on any atom is -0.464 e. The number of hydrogen-bond donors (Lipinski definition) is 1. The SMILES string of the molecule is CCCC(c1ccn(C(=O)O)c(=O)c1)c1c(C)cccc1C. The van der Waals surface area contributed by atoms with E-state index in [-0.39, 0.29) is 5.92 Å². The molecule has 1 aromatic carbocycles. The molecule has 4 heteroatoms. The Morgan fingerprint density at radius 3 is 2.36 bits per heavy atom. The zero-order valence-corrected chi connectivity index (χ0v) is 13.2. The predicted molar refractivity (Wildman–Crippen MR) is 86.8 cm³/mol. The first kappa shape index (κ1) is 16.0. The second-order valence-corrected chi connectivity index (χ2v) is 5.60. The summed E-state index contributed by atoms with van der Waals surface area (Å²) in [5, 5.41) is 8.97. The molecule has 2 rings (SSSR count). The van der Waals surface area contributed by atoms with Gasteiger partial charge in [-0.15, -0.1) is 0 Å². The standard InChI is InChI=1S/C18H21NO3/c1-4-6-15(17-12(2)7-5-8-13(17)3)14-9-10-19(18(21)22)16(20)11-14/h5,7-11,15H,4,6H2,1-3H3,(H,21,22). The van der Waals surface area contributed by atoms with Gasteiger partial charge in [-0.25, -0.2) is 9.36 Å². The zero-order valence-electron chi connectivity index (χ0n) is 13.2. The lowest BCUT2D eigenvalue weighted by Gasteiger charge is -2.22. The summed E-state index contributed by atoms with van der Waals surface area (Å²) in [6.45, 7) is 6.26. The number of aromatic nitrogens is 1. The lowest BCUT2D eigenvalue weighted by molar-refractivity contribution is 0.195. The second-order valence-electron chi connectivity index (χ2n) is 5.60. The average Bonchev–Trinajstić information content (AvgIpc) is 2.45. The van der Waals surface area contributed by atoms with Gasteiger partial charge in [0.05, 0.1) is 0 Å². The third-order valence-corrected chi connectivity index (χ3v) is 4.02. The molecule has 4 nitrogen and oxygen atoms in total. The molecule has 0 amide bonds. The van der Waals surface area contributed by atoms with Crippen molar-refractivity contribution in [3.05, 3.63) is 69.1 Å². The molecule has 0 spiro atoms. The van der Waals surface area contributed by atoms with E-state index in [9.17, 15) is 9.59 Å². The Labute approximate surface area is 130 Å². The topological polar surface area (TPSA) is 59.3 Å². The lowest BCUT2D eigenvalue weighted by Crippen LogP contribution is -2.25. The van der Waals surface area contributed by atoms with Crippen molar-refractivity contribution < 1.29 is 9.90 Å². The molecule has 1 aromatic heterocycles. The van der Waals surface area contributed by atoms with Crippen LogP contribution in [-0.4, -0.2) is 15.8 Å². The van der Waals surface area contributed by atoms with Crippen molar-refractivity contribution >= 4 is 6.09 Å². The highest BCUT2D eigenvalue weighted by Gasteiger charge is 2.19. The molecule has 0 radical (unpaired) electrons. The number of pyridine rings is 1. The van der Waals surface area contributed by atoms with E-state index < -0.39 is 11.7 Å². The van der Waals surface area contributed by atoms with Crippen molar-refractivity contribution in [1.29, 1.82) is 0 Å². The van der Waals surface area contributed by atoms with E-state index >= 15 is 0 Å². The van der Waals surface area contributed by atoms with Gasteiger partial charge < -0.3 is 5.11 Å². The summed E-state index contributed by atoms with van der Waals surface area (Å²) in [5.74, 6) is 0.113. The molecule has 1 unspecified atom stereocenters. The summed E-state index contributed by atoms with van der Waals surface area (Å²) in [6, 6.07) is 9.36. The minimum absolute atomic E-state index is 0.113. The Hall–Kier alpha value is -2.36. The van der Waals surface area contributed by atoms with Gasteiger partial charge >= 0.3 is 6.09 Å².